The lowest BCUT2D eigenvalue weighted by molar-refractivity contribution is -0.114. The van der Waals surface area contributed by atoms with Gasteiger partial charge < -0.3 is 21.5 Å². The average molecular weight is 870 g/mol. The molecule has 0 heterocycles. The Morgan fingerprint density at radius 2 is 1.30 bits per heavy atom. The Morgan fingerprint density at radius 1 is 0.702 bits per heavy atom. The largest absolute Gasteiger partial charge is 0.494 e. The molecule has 4 aromatic carbocycles. The number of hydrogen-bond acceptors (Lipinski definition) is 19. The number of sulfone groups is 1. The molecule has 0 unspecified atom stereocenters. The minimum absolute atomic E-state index is 0.0139. The van der Waals surface area contributed by atoms with Crippen molar-refractivity contribution >= 4 is 97.6 Å². The van der Waals surface area contributed by atoms with Crippen molar-refractivity contribution in [3.05, 3.63) is 66.2 Å². The molecule has 0 aliphatic carbocycles. The lowest BCUT2D eigenvalue weighted by Crippen LogP contribution is -2.15. The first kappa shape index (κ1) is 43.9. The number of aryl methyl sites for hydroxylation is 1. The highest BCUT2D eigenvalue weighted by atomic mass is 32.3. The highest BCUT2D eigenvalue weighted by molar-refractivity contribution is 7.91. The summed E-state index contributed by atoms with van der Waals surface area (Å²) in [5, 5.41) is 26.3. The van der Waals surface area contributed by atoms with Gasteiger partial charge >= 0.3 is 10.4 Å². The number of nitrogen functional groups attached to an aromatic ring is 2. The summed E-state index contributed by atoms with van der Waals surface area (Å²) in [5.41, 5.74) is 10.3. The Balaban J connectivity index is 1.75. The number of carbonyl (C=O) groups excluding carboxylic acids is 1. The molecule has 23 nitrogen and oxygen atoms in total. The van der Waals surface area contributed by atoms with Crippen LogP contribution in [0.4, 0.5) is 51.2 Å². The van der Waals surface area contributed by atoms with E-state index in [1.54, 1.807) is 6.92 Å². The summed E-state index contributed by atoms with van der Waals surface area (Å²) < 4.78 is 132. The first-order valence-corrected chi connectivity index (χ1v) is 21.3. The lowest BCUT2D eigenvalue weighted by Gasteiger charge is -2.12. The van der Waals surface area contributed by atoms with E-state index >= 15 is 0 Å². The first-order valence-electron chi connectivity index (χ1n) is 15.4. The van der Waals surface area contributed by atoms with Gasteiger partial charge in [-0.05, 0) is 61.0 Å². The van der Waals surface area contributed by atoms with Gasteiger partial charge in [0.2, 0.25) is 5.91 Å². The number of methoxy groups -OCH3 is 1. The van der Waals surface area contributed by atoms with Crippen LogP contribution in [0.3, 0.4) is 0 Å². The van der Waals surface area contributed by atoms with Crippen LogP contribution in [0, 0.1) is 6.92 Å². The van der Waals surface area contributed by atoms with Gasteiger partial charge in [0.25, 0.3) is 20.2 Å². The molecule has 0 fully saturated rings. The van der Waals surface area contributed by atoms with Crippen LogP contribution in [0.1, 0.15) is 12.5 Å². The molecule has 57 heavy (non-hydrogen) atoms. The fraction of sp³-hybridized carbons (Fsp3) is 0.167. The van der Waals surface area contributed by atoms with E-state index in [0.29, 0.717) is 5.56 Å². The van der Waals surface area contributed by atoms with E-state index in [-0.39, 0.29) is 39.1 Å². The molecule has 4 aromatic rings. The van der Waals surface area contributed by atoms with Crippen molar-refractivity contribution in [1.29, 1.82) is 0 Å². The Morgan fingerprint density at radius 3 is 1.88 bits per heavy atom. The molecule has 0 bridgehead atoms. The van der Waals surface area contributed by atoms with Gasteiger partial charge in [0.1, 0.15) is 44.0 Å². The van der Waals surface area contributed by atoms with Gasteiger partial charge in [-0.25, -0.2) is 12.6 Å². The molecule has 8 N–H and O–H groups in total. The second-order valence-corrected chi connectivity index (χ2v) is 17.4. The van der Waals surface area contributed by atoms with Crippen molar-refractivity contribution in [2.45, 2.75) is 28.5 Å². The van der Waals surface area contributed by atoms with Crippen molar-refractivity contribution in [1.82, 2.24) is 0 Å². The number of rotatable bonds is 15. The predicted molar refractivity (Wildman–Crippen MR) is 202 cm³/mol. The summed E-state index contributed by atoms with van der Waals surface area (Å²) in [5.74, 6) is -1.45. The van der Waals surface area contributed by atoms with Gasteiger partial charge in [0.05, 0.1) is 47.1 Å². The fourth-order valence-electron chi connectivity index (χ4n) is 4.56. The molecule has 0 saturated heterocycles. The minimum Gasteiger partial charge on any atom is -0.494 e. The van der Waals surface area contributed by atoms with E-state index in [0.717, 1.165) is 18.2 Å². The average Bonchev–Trinajstić information content (AvgIpc) is 3.09. The molecule has 4 rings (SSSR count). The van der Waals surface area contributed by atoms with Crippen LogP contribution in [0.25, 0.3) is 0 Å². The van der Waals surface area contributed by atoms with Crippen LogP contribution in [0.2, 0.25) is 0 Å². The van der Waals surface area contributed by atoms with E-state index in [2.05, 4.69) is 40.2 Å². The van der Waals surface area contributed by atoms with Crippen molar-refractivity contribution < 1.29 is 61.0 Å². The predicted octanol–water partition coefficient (Wildman–Crippen LogP) is 5.46. The van der Waals surface area contributed by atoms with Crippen LogP contribution in [0.5, 0.6) is 5.75 Å². The number of anilines is 3. The quantitative estimate of drug-likeness (QED) is 0.0490. The molecule has 0 aliphatic rings. The maximum absolute atomic E-state index is 12.5. The summed E-state index contributed by atoms with van der Waals surface area (Å²) in [7, 11) is -17.4. The summed E-state index contributed by atoms with van der Waals surface area (Å²) in [6, 6.07) is 11.8. The van der Waals surface area contributed by atoms with Crippen molar-refractivity contribution in [3.8, 4) is 5.75 Å². The van der Waals surface area contributed by atoms with Gasteiger partial charge in [0.15, 0.2) is 9.84 Å². The molecule has 0 saturated carbocycles. The number of azo groups is 3. The van der Waals surface area contributed by atoms with Crippen LogP contribution in [-0.4, -0.2) is 72.7 Å². The smallest absolute Gasteiger partial charge is 0.397 e. The third kappa shape index (κ3) is 11.6. The number of carbonyl (C=O) groups is 1. The summed E-state index contributed by atoms with van der Waals surface area (Å²) in [4.78, 5) is 10.4. The Labute approximate surface area is 324 Å². The van der Waals surface area contributed by atoms with Gasteiger partial charge in [0, 0.05) is 13.0 Å². The van der Waals surface area contributed by atoms with Crippen LogP contribution in [0.15, 0.2) is 106 Å². The second kappa shape index (κ2) is 17.1. The zero-order valence-electron chi connectivity index (χ0n) is 29.5. The van der Waals surface area contributed by atoms with Gasteiger partial charge in [-0.15, -0.1) is 25.6 Å². The van der Waals surface area contributed by atoms with E-state index in [1.807, 2.05) is 0 Å². The van der Waals surface area contributed by atoms with Crippen LogP contribution >= 0.6 is 0 Å². The number of benzene rings is 4. The highest BCUT2D eigenvalue weighted by Crippen LogP contribution is 2.45. The monoisotopic (exact) mass is 869 g/mol. The van der Waals surface area contributed by atoms with E-state index in [4.69, 9.17) is 20.8 Å². The third-order valence-electron chi connectivity index (χ3n) is 7.18. The Hall–Kier alpha value is -5.81. The summed E-state index contributed by atoms with van der Waals surface area (Å²) >= 11 is 0. The molecular formula is C30H31N9O14S4. The van der Waals surface area contributed by atoms with Gasteiger partial charge in [-0.1, -0.05) is 6.07 Å². The van der Waals surface area contributed by atoms with Crippen molar-refractivity contribution in [2.24, 2.45) is 30.7 Å². The summed E-state index contributed by atoms with van der Waals surface area (Å²) in [6.45, 7) is 1.91. The second-order valence-electron chi connectivity index (χ2n) is 11.4. The van der Waals surface area contributed by atoms with Crippen molar-refractivity contribution in [2.75, 3.05) is 36.3 Å². The molecule has 0 radical (unpaired) electrons. The fourth-order valence-corrected chi connectivity index (χ4v) is 7.39. The third-order valence-corrected chi connectivity index (χ3v) is 11.1. The van der Waals surface area contributed by atoms with Crippen molar-refractivity contribution in [3.63, 3.8) is 0 Å². The SMILES string of the molecule is COc1cc(N=Nc2ccc(C)cc2S(=O)(=O)O)c(NC(C)=O)cc1N=Nc1c(N)c(N=Nc2ccc(S(=O)(=O)CCOS(=O)(=O)O)cc2)cc(S(=O)(=O)O)c1N. The molecule has 0 aromatic heterocycles. The van der Waals surface area contributed by atoms with Crippen LogP contribution < -0.4 is 21.5 Å². The molecule has 0 atom stereocenters. The highest BCUT2D eigenvalue weighted by Gasteiger charge is 2.23. The molecule has 0 spiro atoms. The number of amides is 1. The van der Waals surface area contributed by atoms with E-state index < -0.39 is 91.3 Å². The topological polar surface area (TPSA) is 371 Å². The molecule has 27 heteroatoms. The number of nitrogens with two attached hydrogens (primary N) is 2. The molecule has 304 valence electrons. The zero-order chi connectivity index (χ0) is 42.5. The normalized spacial score (nSPS) is 12.8. The van der Waals surface area contributed by atoms with E-state index in [1.165, 1.54) is 56.5 Å². The molecular weight excluding hydrogens is 839 g/mol. The Kier molecular flexibility index (Phi) is 13.2. The zero-order valence-corrected chi connectivity index (χ0v) is 32.8. The molecule has 1 amide bonds. The summed E-state index contributed by atoms with van der Waals surface area (Å²) in [6.07, 6.45) is 0. The number of nitrogens with zero attached hydrogens (tertiary/aromatic N) is 6. The lowest BCUT2D eigenvalue weighted by atomic mass is 10.2. The van der Waals surface area contributed by atoms with E-state index in [9.17, 15) is 47.6 Å². The maximum atomic E-state index is 12.5. The number of nitrogens with one attached hydrogen (secondary N) is 1. The first-order chi connectivity index (χ1) is 26.4. The number of ether oxygens (including phenoxy) is 1. The standard InChI is InChI=1S/C30H31N9O14S4/c1-16-4-9-20(26(12-16)55(43,44)45)35-36-22-14-25(52-3)23(13-21(22)33-17(2)40)37-39-30-28(31)24(15-27(29(30)32)56(46,47)48)38-34-18-5-7-19(8-6-18)54(41,42)11-10-53-57(49,50)51/h4-9,12-15H,10-11,31-32H2,1-3H3,(H,33,40)(H,43,44,45)(H,46,47,48)(H,49,50,51). The molecule has 0 aliphatic heterocycles. The van der Waals surface area contributed by atoms with Crippen LogP contribution in [-0.2, 0) is 49.5 Å². The minimum atomic E-state index is -5.05. The Bertz CT molecular complexity index is 2780. The number of hydrogen-bond donors (Lipinski definition) is 6. The van der Waals surface area contributed by atoms with Gasteiger partial charge in [-0.3, -0.25) is 18.5 Å². The van der Waals surface area contributed by atoms with Gasteiger partial charge in [-0.2, -0.15) is 30.4 Å². The maximum Gasteiger partial charge on any atom is 0.397 e.